The monoisotopic (exact) mass is 1290 g/mol. The molecule has 0 amide bonds. The molecule has 0 atom stereocenters. The number of nitrogens with zero attached hydrogens (tertiary/aromatic N) is 2. The Kier molecular flexibility index (Phi) is 14.7. The number of thiophene rings is 1. The second kappa shape index (κ2) is 22.7. The maximum absolute atomic E-state index is 2.75. The summed E-state index contributed by atoms with van der Waals surface area (Å²) in [5.74, 6) is 0. The van der Waals surface area contributed by atoms with E-state index in [4.69, 9.17) is 0 Å². The molecule has 0 spiro atoms. The molecule has 2 aliphatic rings. The molecule has 0 N–H and O–H groups in total. The zero-order valence-corrected chi connectivity index (χ0v) is 60.5. The van der Waals surface area contributed by atoms with Crippen molar-refractivity contribution < 1.29 is 0 Å². The molecule has 0 unspecified atom stereocenters. The van der Waals surface area contributed by atoms with Crippen LogP contribution in [0.3, 0.4) is 0 Å². The molecule has 0 bridgehead atoms. The van der Waals surface area contributed by atoms with Gasteiger partial charge in [-0.3, -0.25) is 0 Å². The Labute approximate surface area is 583 Å². The van der Waals surface area contributed by atoms with Crippen molar-refractivity contribution in [1.82, 2.24) is 4.57 Å². The fourth-order valence-corrected chi connectivity index (χ4v) is 17.8. The first-order chi connectivity index (χ1) is 46.2. The molecule has 0 saturated heterocycles. The van der Waals surface area contributed by atoms with Gasteiger partial charge in [0.25, 0.3) is 0 Å². The van der Waals surface area contributed by atoms with E-state index in [2.05, 4.69) is 356 Å². The van der Waals surface area contributed by atoms with Crippen molar-refractivity contribution in [2.45, 2.75) is 141 Å². The normalized spacial score (nSPS) is 13.4. The molecule has 5 heteroatoms. The van der Waals surface area contributed by atoms with E-state index < -0.39 is 0 Å². The number of aromatic nitrogens is 1. The van der Waals surface area contributed by atoms with Gasteiger partial charge in [0.15, 0.2) is 0 Å². The summed E-state index contributed by atoms with van der Waals surface area (Å²) in [7, 11) is 0. The maximum Gasteiger partial charge on any atom is 0.249 e. The third kappa shape index (κ3) is 10.8. The van der Waals surface area contributed by atoms with Crippen LogP contribution in [0.4, 0.5) is 17.1 Å². The zero-order chi connectivity index (χ0) is 67.4. The van der Waals surface area contributed by atoms with Gasteiger partial charge in [-0.15, -0.1) is 11.3 Å². The van der Waals surface area contributed by atoms with Crippen LogP contribution in [0.5, 0.6) is 0 Å². The lowest BCUT2D eigenvalue weighted by Gasteiger charge is -2.42. The number of hydrogen-bond donors (Lipinski definition) is 0. The predicted octanol–water partition coefficient (Wildman–Crippen LogP) is 24.7. The van der Waals surface area contributed by atoms with Crippen LogP contribution >= 0.6 is 23.1 Å². The molecular formula is C92H85BN2S2. The fourth-order valence-electron chi connectivity index (χ4n) is 15.2. The third-order valence-electron chi connectivity index (χ3n) is 20.8. The Bertz CT molecular complexity index is 5370. The number of benzene rings is 12. The summed E-state index contributed by atoms with van der Waals surface area (Å²) in [6.07, 6.45) is 0. The minimum Gasteiger partial charge on any atom is -0.310 e. The van der Waals surface area contributed by atoms with Crippen molar-refractivity contribution in [2.24, 2.45) is 0 Å². The van der Waals surface area contributed by atoms with Crippen LogP contribution in [0.2, 0.25) is 0 Å². The number of hydrogen-bond acceptors (Lipinski definition) is 3. The standard InChI is InChI=1S/C92H85BN2S2/c1-88(2,3)63-44-60(45-64(52-63)89(4,5)6)58-38-40-74-78(49-58)95(86-71(56-28-19-16-20-29-56)54-67(92(13,14)15)55-72(86)57-30-21-17-22-31-57)79-50-62(61-46-65(90(7,8)9)53-66(47-61)91(10,11)12)51-82-85(79)93(74)75-41-43-81-84(87(75)97-82)73-48-59(39-42-80(73)96-81)69-35-27-37-77-83(69)70-34-25-26-36-76(70)94(77)68-32-23-18-24-33-68/h16-55H,1-15H3. The Morgan fingerprint density at radius 3 is 1.39 bits per heavy atom. The van der Waals surface area contributed by atoms with Gasteiger partial charge >= 0.3 is 0 Å². The smallest absolute Gasteiger partial charge is 0.249 e. The van der Waals surface area contributed by atoms with Crippen molar-refractivity contribution >= 4 is 105 Å². The van der Waals surface area contributed by atoms with Gasteiger partial charge in [0, 0.05) is 68.9 Å². The van der Waals surface area contributed by atoms with Gasteiger partial charge in [-0.25, -0.2) is 0 Å². The molecule has 2 aliphatic heterocycles. The summed E-state index contributed by atoms with van der Waals surface area (Å²) < 4.78 is 5.05. The average molecular weight is 1290 g/mol. The van der Waals surface area contributed by atoms with Crippen LogP contribution in [0.15, 0.2) is 252 Å². The van der Waals surface area contributed by atoms with Gasteiger partial charge in [0.05, 0.1) is 16.7 Å². The van der Waals surface area contributed by atoms with Gasteiger partial charge < -0.3 is 9.47 Å². The predicted molar refractivity (Wildman–Crippen MR) is 424 cm³/mol. The van der Waals surface area contributed by atoms with Crippen molar-refractivity contribution in [3.05, 3.63) is 270 Å². The van der Waals surface area contributed by atoms with E-state index >= 15 is 0 Å². The molecule has 2 aromatic heterocycles. The van der Waals surface area contributed by atoms with E-state index in [0.29, 0.717) is 0 Å². The lowest BCUT2D eigenvalue weighted by atomic mass is 9.34. The largest absolute Gasteiger partial charge is 0.310 e. The first-order valence-electron chi connectivity index (χ1n) is 34.7. The van der Waals surface area contributed by atoms with Crippen LogP contribution in [0, 0.1) is 0 Å². The summed E-state index contributed by atoms with van der Waals surface area (Å²) in [5.41, 5.74) is 29.6. The first-order valence-corrected chi connectivity index (χ1v) is 36.4. The van der Waals surface area contributed by atoms with E-state index in [9.17, 15) is 0 Å². The van der Waals surface area contributed by atoms with Crippen LogP contribution < -0.4 is 21.3 Å². The second-order valence-corrected chi connectivity index (χ2v) is 34.7. The summed E-state index contributed by atoms with van der Waals surface area (Å²) in [5, 5.41) is 5.18. The molecule has 0 aliphatic carbocycles. The molecule has 16 rings (SSSR count). The number of rotatable bonds is 7. The summed E-state index contributed by atoms with van der Waals surface area (Å²) >= 11 is 3.92. The van der Waals surface area contributed by atoms with Crippen LogP contribution in [-0.4, -0.2) is 11.3 Å². The Hall–Kier alpha value is -9.13. The molecule has 478 valence electrons. The highest BCUT2D eigenvalue weighted by Crippen LogP contribution is 2.54. The molecule has 12 aromatic carbocycles. The van der Waals surface area contributed by atoms with E-state index in [1.165, 1.54) is 169 Å². The average Bonchev–Trinajstić information content (AvgIpc) is 1.39. The Morgan fingerprint density at radius 1 is 0.320 bits per heavy atom. The molecule has 0 fully saturated rings. The van der Waals surface area contributed by atoms with Crippen LogP contribution in [0.25, 0.3) is 103 Å². The maximum atomic E-state index is 2.75. The third-order valence-corrected chi connectivity index (χ3v) is 23.1. The highest BCUT2D eigenvalue weighted by molar-refractivity contribution is 8.00. The minimum absolute atomic E-state index is 0.0688. The topological polar surface area (TPSA) is 8.17 Å². The highest BCUT2D eigenvalue weighted by Gasteiger charge is 2.44. The van der Waals surface area contributed by atoms with Crippen LogP contribution in [-0.2, 0) is 27.1 Å². The molecular weight excluding hydrogens is 1210 g/mol. The number of fused-ring (bicyclic) bond motifs is 11. The summed E-state index contributed by atoms with van der Waals surface area (Å²) in [4.78, 5) is 5.39. The molecule has 14 aromatic rings. The summed E-state index contributed by atoms with van der Waals surface area (Å²) in [6, 6.07) is 94.1. The van der Waals surface area contributed by atoms with Gasteiger partial charge in [0.1, 0.15) is 0 Å². The quantitative estimate of drug-likeness (QED) is 0.147. The lowest BCUT2D eigenvalue weighted by Crippen LogP contribution is -2.59. The van der Waals surface area contributed by atoms with E-state index in [-0.39, 0.29) is 33.8 Å². The van der Waals surface area contributed by atoms with Gasteiger partial charge in [-0.05, 0) is 183 Å². The van der Waals surface area contributed by atoms with Gasteiger partial charge in [-0.2, -0.15) is 0 Å². The Balaban J connectivity index is 1.02. The van der Waals surface area contributed by atoms with Crippen molar-refractivity contribution in [1.29, 1.82) is 0 Å². The fraction of sp³-hybridized carbons (Fsp3) is 0.217. The number of anilines is 3. The van der Waals surface area contributed by atoms with Crippen molar-refractivity contribution in [2.75, 3.05) is 4.90 Å². The molecule has 0 radical (unpaired) electrons. The molecule has 97 heavy (non-hydrogen) atoms. The molecule has 4 heterocycles. The van der Waals surface area contributed by atoms with E-state index in [0.717, 1.165) is 5.69 Å². The summed E-state index contributed by atoms with van der Waals surface area (Å²) in [6.45, 7) is 35.4. The van der Waals surface area contributed by atoms with Crippen molar-refractivity contribution in [3.8, 4) is 61.3 Å². The van der Waals surface area contributed by atoms with Crippen LogP contribution in [0.1, 0.15) is 132 Å². The number of para-hydroxylation sites is 2. The van der Waals surface area contributed by atoms with Gasteiger partial charge in [-0.1, -0.05) is 291 Å². The lowest BCUT2D eigenvalue weighted by molar-refractivity contribution is 0.568. The second-order valence-electron chi connectivity index (χ2n) is 32.6. The van der Waals surface area contributed by atoms with Crippen molar-refractivity contribution in [3.63, 3.8) is 0 Å². The highest BCUT2D eigenvalue weighted by atomic mass is 32.2. The van der Waals surface area contributed by atoms with E-state index in [1.807, 2.05) is 23.1 Å². The Morgan fingerprint density at radius 2 is 0.804 bits per heavy atom. The van der Waals surface area contributed by atoms with Gasteiger partial charge in [0.2, 0.25) is 6.71 Å². The SMILES string of the molecule is CC(C)(C)c1cc(-c2ccc3c(c2)N(c2c(-c4ccccc4)cc(C(C)(C)C)cc2-c2ccccc2)c2cc(-c4cc(C(C)(C)C)cc(C(C)(C)C)c4)cc4c2B3c2ccc3sc5ccc(-c6cccc7c6c6ccccc6n7-c6ccccc6)cc5c3c2S4)cc(C(C)(C)C)c1. The van der Waals surface area contributed by atoms with E-state index in [1.54, 1.807) is 0 Å². The molecule has 2 nitrogen and oxygen atoms in total. The first kappa shape index (κ1) is 62.7. The minimum atomic E-state index is -0.150. The zero-order valence-electron chi connectivity index (χ0n) is 58.9. The molecule has 0 saturated carbocycles.